The van der Waals surface area contributed by atoms with Gasteiger partial charge in [-0.25, -0.2) is 4.98 Å². The number of aryl methyl sites for hydroxylation is 1. The molecule has 4 heterocycles. The topological polar surface area (TPSA) is 80.3 Å². The van der Waals surface area contributed by atoms with Crippen molar-refractivity contribution in [3.63, 3.8) is 0 Å². The summed E-state index contributed by atoms with van der Waals surface area (Å²) in [5.74, 6) is 2.67. The van der Waals surface area contributed by atoms with Crippen LogP contribution in [0, 0.1) is 6.92 Å². The fourth-order valence-electron chi connectivity index (χ4n) is 2.96. The van der Waals surface area contributed by atoms with E-state index < -0.39 is 0 Å². The van der Waals surface area contributed by atoms with Gasteiger partial charge in [-0.1, -0.05) is 0 Å². The van der Waals surface area contributed by atoms with Crippen molar-refractivity contribution < 1.29 is 9.21 Å². The number of nitrogens with zero attached hydrogens (tertiary/aromatic N) is 6. The van der Waals surface area contributed by atoms with Gasteiger partial charge >= 0.3 is 0 Å². The number of hydrogen-bond acceptors (Lipinski definition) is 6. The monoisotopic (exact) mass is 416 g/mol. The number of hydrogen-bond donors (Lipinski definition) is 0. The van der Waals surface area contributed by atoms with Gasteiger partial charge in [-0.15, -0.1) is 10.2 Å². The normalized spacial score (nSPS) is 14.7. The predicted molar refractivity (Wildman–Crippen MR) is 98.4 cm³/mol. The van der Waals surface area contributed by atoms with Gasteiger partial charge in [-0.3, -0.25) is 9.36 Å². The number of furan rings is 1. The first-order valence-electron chi connectivity index (χ1n) is 8.25. The first-order valence-corrected chi connectivity index (χ1v) is 9.05. The van der Waals surface area contributed by atoms with Crippen LogP contribution in [0.1, 0.15) is 16.4 Å². The smallest absolute Gasteiger partial charge is 0.289 e. The largest absolute Gasteiger partial charge is 0.444 e. The third-order valence-electron chi connectivity index (χ3n) is 4.38. The molecular formula is C17H17BrN6O2. The Balaban J connectivity index is 1.40. The van der Waals surface area contributed by atoms with Gasteiger partial charge in [0.1, 0.15) is 5.82 Å². The van der Waals surface area contributed by atoms with Gasteiger partial charge in [0, 0.05) is 38.6 Å². The van der Waals surface area contributed by atoms with Gasteiger partial charge in [-0.05, 0) is 47.1 Å². The average Bonchev–Trinajstić information content (AvgIpc) is 3.30. The maximum Gasteiger partial charge on any atom is 0.289 e. The molecule has 0 unspecified atom stereocenters. The molecule has 8 nitrogen and oxygen atoms in total. The van der Waals surface area contributed by atoms with Crippen LogP contribution in [-0.2, 0) is 0 Å². The molecule has 3 aromatic rings. The van der Waals surface area contributed by atoms with Crippen molar-refractivity contribution in [2.45, 2.75) is 6.92 Å². The molecule has 0 saturated carbocycles. The zero-order chi connectivity index (χ0) is 18.1. The minimum Gasteiger partial charge on any atom is -0.444 e. The molecule has 0 atom stereocenters. The molecule has 3 aromatic heterocycles. The first-order chi connectivity index (χ1) is 12.6. The Morgan fingerprint density at radius 3 is 2.38 bits per heavy atom. The van der Waals surface area contributed by atoms with Crippen molar-refractivity contribution in [3.8, 4) is 5.82 Å². The Morgan fingerprint density at radius 1 is 1.08 bits per heavy atom. The van der Waals surface area contributed by atoms with E-state index in [1.54, 1.807) is 23.2 Å². The maximum absolute atomic E-state index is 12.4. The molecule has 0 bridgehead atoms. The van der Waals surface area contributed by atoms with Crippen LogP contribution >= 0.6 is 15.9 Å². The van der Waals surface area contributed by atoms with E-state index >= 15 is 0 Å². The quantitative estimate of drug-likeness (QED) is 0.651. The summed E-state index contributed by atoms with van der Waals surface area (Å²) in [7, 11) is 0. The Morgan fingerprint density at radius 2 is 1.81 bits per heavy atom. The van der Waals surface area contributed by atoms with Crippen LogP contribution in [0.4, 0.5) is 5.82 Å². The number of anilines is 1. The highest BCUT2D eigenvalue weighted by molar-refractivity contribution is 9.10. The fraction of sp³-hybridized carbons (Fsp3) is 0.294. The van der Waals surface area contributed by atoms with Gasteiger partial charge < -0.3 is 14.2 Å². The van der Waals surface area contributed by atoms with Gasteiger partial charge in [0.05, 0.1) is 0 Å². The molecule has 1 aliphatic rings. The van der Waals surface area contributed by atoms with Crippen LogP contribution < -0.4 is 4.90 Å². The van der Waals surface area contributed by atoms with E-state index in [1.165, 1.54) is 0 Å². The molecule has 0 aromatic carbocycles. The van der Waals surface area contributed by atoms with Crippen molar-refractivity contribution >= 4 is 27.7 Å². The standard InChI is InChI=1S/C17H17BrN6O2/c1-12-19-6-7-24(12)16-5-4-15(20-21-16)22-8-10-23(11-9-22)17(25)13-2-3-14(18)26-13/h2-7H,8-11H2,1H3. The second-order valence-electron chi connectivity index (χ2n) is 5.98. The molecular weight excluding hydrogens is 400 g/mol. The zero-order valence-electron chi connectivity index (χ0n) is 14.2. The highest BCUT2D eigenvalue weighted by atomic mass is 79.9. The van der Waals surface area contributed by atoms with Gasteiger partial charge in [0.15, 0.2) is 22.1 Å². The van der Waals surface area contributed by atoms with E-state index in [0.717, 1.165) is 17.5 Å². The lowest BCUT2D eigenvalue weighted by Crippen LogP contribution is -2.49. The molecule has 4 rings (SSSR count). The van der Waals surface area contributed by atoms with E-state index in [2.05, 4.69) is 36.0 Å². The molecule has 0 aliphatic carbocycles. The van der Waals surface area contributed by atoms with E-state index in [4.69, 9.17) is 4.42 Å². The Labute approximate surface area is 158 Å². The number of aromatic nitrogens is 4. The minimum atomic E-state index is -0.0904. The lowest BCUT2D eigenvalue weighted by Gasteiger charge is -2.34. The van der Waals surface area contributed by atoms with Crippen LogP contribution in [-0.4, -0.2) is 56.7 Å². The lowest BCUT2D eigenvalue weighted by molar-refractivity contribution is 0.0713. The van der Waals surface area contributed by atoms with Crippen LogP contribution in [0.5, 0.6) is 0 Å². The molecule has 0 N–H and O–H groups in total. The molecule has 9 heteroatoms. The Hall–Kier alpha value is -2.68. The summed E-state index contributed by atoms with van der Waals surface area (Å²) in [5.41, 5.74) is 0. The van der Waals surface area contributed by atoms with E-state index in [9.17, 15) is 4.79 Å². The van der Waals surface area contributed by atoms with Crippen molar-refractivity contribution in [3.05, 3.63) is 52.9 Å². The molecule has 1 fully saturated rings. The molecule has 1 saturated heterocycles. The summed E-state index contributed by atoms with van der Waals surface area (Å²) in [5, 5.41) is 8.62. The van der Waals surface area contributed by atoms with Crippen molar-refractivity contribution in [2.24, 2.45) is 0 Å². The summed E-state index contributed by atoms with van der Waals surface area (Å²) in [6.07, 6.45) is 3.59. The van der Waals surface area contributed by atoms with Crippen LogP contribution in [0.15, 0.2) is 45.7 Å². The molecule has 0 radical (unpaired) electrons. The first kappa shape index (κ1) is 16.8. The third-order valence-corrected chi connectivity index (χ3v) is 4.81. The number of halogens is 1. The second kappa shape index (κ2) is 6.91. The van der Waals surface area contributed by atoms with Gasteiger partial charge in [0.25, 0.3) is 5.91 Å². The third kappa shape index (κ3) is 3.22. The number of piperazine rings is 1. The number of imidazole rings is 1. The maximum atomic E-state index is 12.4. The summed E-state index contributed by atoms with van der Waals surface area (Å²) in [4.78, 5) is 20.5. The second-order valence-corrected chi connectivity index (χ2v) is 6.76. The Bertz CT molecular complexity index is 911. The fourth-order valence-corrected chi connectivity index (χ4v) is 3.27. The van der Waals surface area contributed by atoms with E-state index in [0.29, 0.717) is 36.6 Å². The lowest BCUT2D eigenvalue weighted by atomic mass is 10.3. The summed E-state index contributed by atoms with van der Waals surface area (Å²) in [6.45, 7) is 4.54. The number of rotatable bonds is 3. The zero-order valence-corrected chi connectivity index (χ0v) is 15.8. The van der Waals surface area contributed by atoms with E-state index in [-0.39, 0.29) is 5.91 Å². The molecule has 1 amide bonds. The van der Waals surface area contributed by atoms with E-state index in [1.807, 2.05) is 29.8 Å². The van der Waals surface area contributed by atoms with Crippen molar-refractivity contribution in [2.75, 3.05) is 31.1 Å². The highest BCUT2D eigenvalue weighted by Crippen LogP contribution is 2.19. The predicted octanol–water partition coefficient (Wildman–Crippen LogP) is 2.29. The molecule has 134 valence electrons. The molecule has 1 aliphatic heterocycles. The van der Waals surface area contributed by atoms with Crippen molar-refractivity contribution in [1.29, 1.82) is 0 Å². The summed E-state index contributed by atoms with van der Waals surface area (Å²) < 4.78 is 7.79. The van der Waals surface area contributed by atoms with Gasteiger partial charge in [-0.2, -0.15) is 0 Å². The van der Waals surface area contributed by atoms with Crippen molar-refractivity contribution in [1.82, 2.24) is 24.6 Å². The summed E-state index contributed by atoms with van der Waals surface area (Å²) >= 11 is 3.22. The van der Waals surface area contributed by atoms with Crippen LogP contribution in [0.25, 0.3) is 5.82 Å². The highest BCUT2D eigenvalue weighted by Gasteiger charge is 2.25. The minimum absolute atomic E-state index is 0.0904. The number of amides is 1. The summed E-state index contributed by atoms with van der Waals surface area (Å²) in [6, 6.07) is 7.28. The average molecular weight is 417 g/mol. The Kier molecular flexibility index (Phi) is 4.46. The van der Waals surface area contributed by atoms with Crippen LogP contribution in [0.2, 0.25) is 0 Å². The number of carbonyl (C=O) groups is 1. The SMILES string of the molecule is Cc1nccn1-c1ccc(N2CCN(C(=O)c3ccc(Br)o3)CC2)nn1. The number of carbonyl (C=O) groups excluding carboxylic acids is 1. The van der Waals surface area contributed by atoms with Gasteiger partial charge in [0.2, 0.25) is 0 Å². The molecule has 26 heavy (non-hydrogen) atoms. The molecule has 0 spiro atoms. The van der Waals surface area contributed by atoms with Crippen LogP contribution in [0.3, 0.4) is 0 Å².